The molecule has 0 heterocycles. The number of hydrogen-bond acceptors (Lipinski definition) is 7. The van der Waals surface area contributed by atoms with Crippen molar-refractivity contribution in [3.05, 3.63) is 59.7 Å². The Morgan fingerprint density at radius 3 is 1.97 bits per heavy atom. The summed E-state index contributed by atoms with van der Waals surface area (Å²) in [5.74, 6) is -0.734. The fraction of sp³-hybridized carbons (Fsp3) is 0.423. The fourth-order valence-electron chi connectivity index (χ4n) is 4.59. The largest absolute Gasteiger partial charge is 0.514 e. The van der Waals surface area contributed by atoms with Gasteiger partial charge in [0.1, 0.15) is 11.4 Å². The smallest absolute Gasteiger partial charge is 0.466 e. The molecule has 33 heavy (non-hydrogen) atoms. The third-order valence-corrected chi connectivity index (χ3v) is 5.93. The summed E-state index contributed by atoms with van der Waals surface area (Å²) in [5.41, 5.74) is 1.07. The first kappa shape index (κ1) is 24.3. The minimum Gasteiger partial charge on any atom is -0.466 e. The molecule has 0 saturated heterocycles. The van der Waals surface area contributed by atoms with Crippen molar-refractivity contribution in [1.29, 1.82) is 0 Å². The van der Waals surface area contributed by atoms with E-state index in [1.807, 2.05) is 30.4 Å². The highest BCUT2D eigenvalue weighted by molar-refractivity contribution is 6.04. The van der Waals surface area contributed by atoms with Crippen molar-refractivity contribution in [3.8, 4) is 5.75 Å². The van der Waals surface area contributed by atoms with E-state index in [1.165, 1.54) is 14.2 Å². The molecule has 0 amide bonds. The SMILES string of the molecule is C=C[C@@H]1C[C@H](/C=C\c2ccc(OC(=O)OC(C)(C)C)cc2)[C@H]2C(C(=O)OC)=C(C(=O)OC)[C@H]21. The maximum absolute atomic E-state index is 12.4. The van der Waals surface area contributed by atoms with Gasteiger partial charge in [0.2, 0.25) is 0 Å². The molecule has 4 atom stereocenters. The van der Waals surface area contributed by atoms with Crippen molar-refractivity contribution in [1.82, 2.24) is 0 Å². The summed E-state index contributed by atoms with van der Waals surface area (Å²) in [5, 5.41) is 0. The summed E-state index contributed by atoms with van der Waals surface area (Å²) in [7, 11) is 2.62. The molecule has 2 aliphatic rings. The molecule has 0 N–H and O–H groups in total. The van der Waals surface area contributed by atoms with Crippen molar-refractivity contribution >= 4 is 24.2 Å². The van der Waals surface area contributed by atoms with Crippen LogP contribution in [0.5, 0.6) is 5.75 Å². The molecular weight excluding hydrogens is 424 g/mol. The number of benzene rings is 1. The zero-order valence-electron chi connectivity index (χ0n) is 19.6. The molecule has 0 aromatic heterocycles. The molecule has 176 valence electrons. The zero-order valence-corrected chi connectivity index (χ0v) is 19.6. The molecule has 1 fully saturated rings. The lowest BCUT2D eigenvalue weighted by Gasteiger charge is -2.38. The van der Waals surface area contributed by atoms with Gasteiger partial charge in [0.25, 0.3) is 0 Å². The monoisotopic (exact) mass is 454 g/mol. The molecule has 7 nitrogen and oxygen atoms in total. The summed E-state index contributed by atoms with van der Waals surface area (Å²) in [6.07, 6.45) is 5.84. The normalized spacial score (nSPS) is 24.0. The molecule has 0 unspecified atom stereocenters. The lowest BCUT2D eigenvalue weighted by atomic mass is 9.64. The predicted octanol–water partition coefficient (Wildman–Crippen LogP) is 4.72. The second-order valence-corrected chi connectivity index (χ2v) is 9.16. The quantitative estimate of drug-likeness (QED) is 0.266. The molecule has 0 aliphatic heterocycles. The number of carbonyl (C=O) groups excluding carboxylic acids is 3. The predicted molar refractivity (Wildman–Crippen MR) is 122 cm³/mol. The van der Waals surface area contributed by atoms with E-state index in [1.54, 1.807) is 32.9 Å². The number of fused-ring (bicyclic) bond motifs is 1. The maximum atomic E-state index is 12.4. The molecule has 2 aliphatic carbocycles. The number of rotatable bonds is 6. The minimum atomic E-state index is -0.758. The Labute approximate surface area is 194 Å². The molecular formula is C26H30O7. The number of carbonyl (C=O) groups is 3. The molecule has 0 bridgehead atoms. The van der Waals surface area contributed by atoms with E-state index in [0.29, 0.717) is 16.9 Å². The Balaban J connectivity index is 1.75. The van der Waals surface area contributed by atoms with Crippen LogP contribution in [0.15, 0.2) is 54.1 Å². The van der Waals surface area contributed by atoms with Crippen LogP contribution in [0.3, 0.4) is 0 Å². The van der Waals surface area contributed by atoms with Gasteiger partial charge < -0.3 is 18.9 Å². The van der Waals surface area contributed by atoms with Gasteiger partial charge >= 0.3 is 18.1 Å². The number of allylic oxidation sites excluding steroid dienone is 2. The van der Waals surface area contributed by atoms with Gasteiger partial charge in [-0.15, -0.1) is 6.58 Å². The van der Waals surface area contributed by atoms with Crippen LogP contribution in [-0.2, 0) is 23.8 Å². The maximum Gasteiger partial charge on any atom is 0.514 e. The van der Waals surface area contributed by atoms with Crippen molar-refractivity contribution < 1.29 is 33.3 Å². The van der Waals surface area contributed by atoms with E-state index < -0.39 is 23.7 Å². The second-order valence-electron chi connectivity index (χ2n) is 9.16. The van der Waals surface area contributed by atoms with Gasteiger partial charge in [-0.05, 0) is 56.7 Å². The molecule has 3 rings (SSSR count). The molecule has 0 spiro atoms. The van der Waals surface area contributed by atoms with Crippen LogP contribution in [0.4, 0.5) is 4.79 Å². The summed E-state index contributed by atoms with van der Waals surface area (Å²) >= 11 is 0. The molecule has 0 radical (unpaired) electrons. The van der Waals surface area contributed by atoms with Gasteiger partial charge in [0, 0.05) is 11.8 Å². The van der Waals surface area contributed by atoms with Gasteiger partial charge in [-0.1, -0.05) is 30.4 Å². The lowest BCUT2D eigenvalue weighted by Crippen LogP contribution is -2.40. The Morgan fingerprint density at radius 1 is 0.939 bits per heavy atom. The zero-order chi connectivity index (χ0) is 24.3. The third-order valence-electron chi connectivity index (χ3n) is 5.93. The van der Waals surface area contributed by atoms with E-state index in [9.17, 15) is 14.4 Å². The average molecular weight is 455 g/mol. The van der Waals surface area contributed by atoms with E-state index in [2.05, 4.69) is 6.58 Å². The van der Waals surface area contributed by atoms with Gasteiger partial charge in [-0.2, -0.15) is 0 Å². The van der Waals surface area contributed by atoms with Gasteiger partial charge in [-0.3, -0.25) is 0 Å². The Bertz CT molecular complexity index is 994. The summed E-state index contributed by atoms with van der Waals surface area (Å²) < 4.78 is 20.2. The number of ether oxygens (including phenoxy) is 4. The van der Waals surface area contributed by atoms with Gasteiger partial charge in [0.15, 0.2) is 0 Å². The Hall–Kier alpha value is -3.35. The van der Waals surface area contributed by atoms with Crippen molar-refractivity contribution in [3.63, 3.8) is 0 Å². The molecule has 1 aromatic carbocycles. The van der Waals surface area contributed by atoms with Crippen molar-refractivity contribution in [2.24, 2.45) is 23.7 Å². The average Bonchev–Trinajstić information content (AvgIpc) is 3.04. The van der Waals surface area contributed by atoms with Crippen LogP contribution in [0.25, 0.3) is 6.08 Å². The van der Waals surface area contributed by atoms with E-state index in [4.69, 9.17) is 18.9 Å². The first-order valence-corrected chi connectivity index (χ1v) is 10.8. The standard InChI is InChI=1S/C26H30O7/c1-7-16-14-17(20-19(16)21(23(27)30-5)22(20)24(28)31-6)11-8-15-9-12-18(13-10-15)32-25(29)33-26(2,3)4/h7-13,16-17,19-20H,1,14H2,2-6H3/b11-8-/t16-,17+,19+,20-/m1/s1. The number of methoxy groups -OCH3 is 2. The first-order valence-electron chi connectivity index (χ1n) is 10.8. The lowest BCUT2D eigenvalue weighted by molar-refractivity contribution is -0.142. The van der Waals surface area contributed by atoms with Crippen LogP contribution < -0.4 is 4.74 Å². The van der Waals surface area contributed by atoms with Crippen molar-refractivity contribution in [2.75, 3.05) is 14.2 Å². The van der Waals surface area contributed by atoms with Crippen LogP contribution >= 0.6 is 0 Å². The van der Waals surface area contributed by atoms with Gasteiger partial charge in [-0.25, -0.2) is 14.4 Å². The highest BCUT2D eigenvalue weighted by Crippen LogP contribution is 2.58. The molecule has 1 aromatic rings. The third kappa shape index (κ3) is 5.18. The van der Waals surface area contributed by atoms with E-state index in [0.717, 1.165) is 12.0 Å². The van der Waals surface area contributed by atoms with Crippen molar-refractivity contribution in [2.45, 2.75) is 32.8 Å². The Morgan fingerprint density at radius 2 is 1.48 bits per heavy atom. The van der Waals surface area contributed by atoms with E-state index >= 15 is 0 Å². The van der Waals surface area contributed by atoms with E-state index in [-0.39, 0.29) is 23.7 Å². The summed E-state index contributed by atoms with van der Waals surface area (Å²) in [6.45, 7) is 9.22. The van der Waals surface area contributed by atoms with Crippen LogP contribution in [0, 0.1) is 23.7 Å². The fourth-order valence-corrected chi connectivity index (χ4v) is 4.59. The second kappa shape index (κ2) is 9.65. The molecule has 1 saturated carbocycles. The van der Waals surface area contributed by atoms with Crippen LogP contribution in [-0.4, -0.2) is 37.9 Å². The molecule has 7 heteroatoms. The highest BCUT2D eigenvalue weighted by Gasteiger charge is 2.57. The number of esters is 2. The first-order chi connectivity index (χ1) is 15.6. The summed E-state index contributed by atoms with van der Waals surface area (Å²) in [4.78, 5) is 36.5. The van der Waals surface area contributed by atoms with Crippen LogP contribution in [0.2, 0.25) is 0 Å². The minimum absolute atomic E-state index is 0.0400. The Kier molecular flexibility index (Phi) is 7.10. The topological polar surface area (TPSA) is 88.1 Å². The van der Waals surface area contributed by atoms with Gasteiger partial charge in [0.05, 0.1) is 25.4 Å². The summed E-state index contributed by atoms with van der Waals surface area (Å²) in [6, 6.07) is 7.02. The number of hydrogen-bond donors (Lipinski definition) is 0. The van der Waals surface area contributed by atoms with Crippen LogP contribution in [0.1, 0.15) is 32.8 Å². The highest BCUT2D eigenvalue weighted by atomic mass is 16.7.